The fourth-order valence-corrected chi connectivity index (χ4v) is 13.2. The lowest BCUT2D eigenvalue weighted by Crippen LogP contribution is -2.60. The molecule has 4 aliphatic rings. The van der Waals surface area contributed by atoms with Crippen LogP contribution < -0.4 is 24.4 Å². The van der Waals surface area contributed by atoms with Crippen molar-refractivity contribution in [2.75, 3.05) is 56.6 Å². The van der Waals surface area contributed by atoms with Gasteiger partial charge < -0.3 is 29.8 Å². The predicted octanol–water partition coefficient (Wildman–Crippen LogP) is 11.0. The molecule has 4 N–H and O–H groups in total. The van der Waals surface area contributed by atoms with Crippen LogP contribution >= 0.6 is 11.6 Å². The van der Waals surface area contributed by atoms with Crippen LogP contribution in [0.2, 0.25) is 5.02 Å². The first-order chi connectivity index (χ1) is 36.4. The van der Waals surface area contributed by atoms with Gasteiger partial charge in [0.05, 0.1) is 44.7 Å². The number of carbonyl (C=O) groups excluding carboxylic acids is 1. The predicted molar refractivity (Wildman–Crippen MR) is 292 cm³/mol. The molecule has 4 aromatic carbocycles. The molecular weight excluding hydrogens is 1010 g/mol. The number of nitrogens with zero attached hydrogens (tertiary/aromatic N) is 5. The summed E-state index contributed by atoms with van der Waals surface area (Å²) in [6, 6.07) is 25.4. The quantitative estimate of drug-likeness (QED) is 0.0528. The van der Waals surface area contributed by atoms with Gasteiger partial charge in [0.1, 0.15) is 34.4 Å². The molecule has 2 aromatic heterocycles. The molecule has 19 heteroatoms. The molecule has 4 fully saturated rings. The number of aromatic amines is 1. The van der Waals surface area contributed by atoms with Gasteiger partial charge in [-0.05, 0) is 135 Å². The lowest BCUT2D eigenvalue weighted by atomic mass is 9.59. The minimum atomic E-state index is -4.65. The Morgan fingerprint density at radius 2 is 1.75 bits per heavy atom. The molecule has 0 bridgehead atoms. The molecule has 0 unspecified atom stereocenters. The van der Waals surface area contributed by atoms with E-state index in [0.29, 0.717) is 47.8 Å². The van der Waals surface area contributed by atoms with E-state index in [0.717, 1.165) is 89.5 Å². The van der Waals surface area contributed by atoms with Gasteiger partial charge in [-0.1, -0.05) is 55.8 Å². The second-order valence-electron chi connectivity index (χ2n) is 22.0. The van der Waals surface area contributed by atoms with Gasteiger partial charge in [0, 0.05) is 81.9 Å². The van der Waals surface area contributed by atoms with Crippen LogP contribution in [0.4, 0.5) is 21.5 Å². The van der Waals surface area contributed by atoms with Gasteiger partial charge in [-0.2, -0.15) is 0 Å². The van der Waals surface area contributed by atoms with E-state index in [1.54, 1.807) is 26.2 Å². The summed E-state index contributed by atoms with van der Waals surface area (Å²) in [6.45, 7) is 11.8. The van der Waals surface area contributed by atoms with Crippen LogP contribution in [0, 0.1) is 27.3 Å². The number of piperidine rings is 1. The standard InChI is InChI=1S/C57H66ClFN8O8S/c1-36(2)43-7-5-6-8-44(43)51-35-64(34-38-9-13-47(58)53(25-38)74-4)23-24-66(51)40-29-57(30-40)19-21-65(22-20-57)39-10-12-45(52(26-39)75-41-27-46-48(59)33-62-54(46)61-32-41)55(68)63-76(72,73)42-11-14-49(50(28-42)67(70)71)60-31-37-15-17-56(3,69)18-16-37/h5-14,25-28,32-33,36-37,40,51,60,69H,15-24,29-31,34-35H2,1-4H3,(H,61,62)(H,63,68)/t37-,51-,56-/m0/s1. The number of ether oxygens (including phenoxy) is 2. The maximum Gasteiger partial charge on any atom is 0.293 e. The lowest BCUT2D eigenvalue weighted by Gasteiger charge is -2.58. The number of methoxy groups -OCH3 is 1. The fourth-order valence-electron chi connectivity index (χ4n) is 12.0. The molecule has 2 saturated carbocycles. The van der Waals surface area contributed by atoms with E-state index in [9.17, 15) is 32.8 Å². The van der Waals surface area contributed by atoms with Crippen molar-refractivity contribution in [1.82, 2.24) is 24.5 Å². The van der Waals surface area contributed by atoms with E-state index >= 15 is 0 Å². The fraction of sp³-hybridized carbons (Fsp3) is 0.439. The second-order valence-corrected chi connectivity index (χ2v) is 24.1. The number of fused-ring (bicyclic) bond motifs is 1. The summed E-state index contributed by atoms with van der Waals surface area (Å²) in [5, 5.41) is 26.5. The summed E-state index contributed by atoms with van der Waals surface area (Å²) in [4.78, 5) is 39.8. The average Bonchev–Trinajstić information content (AvgIpc) is 3.82. The summed E-state index contributed by atoms with van der Waals surface area (Å²) in [6.07, 6.45) is 9.40. The highest BCUT2D eigenvalue weighted by Gasteiger charge is 2.50. The van der Waals surface area contributed by atoms with Crippen LogP contribution in [0.15, 0.2) is 102 Å². The highest BCUT2D eigenvalue weighted by atomic mass is 35.5. The molecule has 2 aliphatic carbocycles. The minimum Gasteiger partial charge on any atom is -0.495 e. The summed E-state index contributed by atoms with van der Waals surface area (Å²) < 4.78 is 56.4. The molecule has 2 aliphatic heterocycles. The molecule has 1 amide bonds. The number of carbonyl (C=O) groups is 1. The van der Waals surface area contributed by atoms with E-state index in [1.165, 1.54) is 53.3 Å². The zero-order valence-corrected chi connectivity index (χ0v) is 44.9. The van der Waals surface area contributed by atoms with Crippen LogP contribution in [-0.2, 0) is 16.6 Å². The Morgan fingerprint density at radius 3 is 2.49 bits per heavy atom. The summed E-state index contributed by atoms with van der Waals surface area (Å²) in [5.74, 6) is -0.193. The normalized spacial score (nSPS) is 21.4. The third kappa shape index (κ3) is 11.4. The van der Waals surface area contributed by atoms with Crippen molar-refractivity contribution in [3.8, 4) is 17.2 Å². The van der Waals surface area contributed by atoms with Crippen molar-refractivity contribution in [3.05, 3.63) is 141 Å². The van der Waals surface area contributed by atoms with Gasteiger partial charge >= 0.3 is 0 Å². The first kappa shape index (κ1) is 53.1. The molecule has 2 saturated heterocycles. The van der Waals surface area contributed by atoms with Crippen molar-refractivity contribution in [3.63, 3.8) is 0 Å². The van der Waals surface area contributed by atoms with Crippen molar-refractivity contribution >= 4 is 55.6 Å². The van der Waals surface area contributed by atoms with Crippen LogP contribution in [-0.4, -0.2) is 102 Å². The first-order valence-electron chi connectivity index (χ1n) is 26.3. The van der Waals surface area contributed by atoms with E-state index in [4.69, 9.17) is 21.1 Å². The maximum atomic E-state index is 14.7. The highest BCUT2D eigenvalue weighted by molar-refractivity contribution is 7.90. The van der Waals surface area contributed by atoms with Crippen molar-refractivity contribution in [2.24, 2.45) is 11.3 Å². The molecule has 4 heterocycles. The van der Waals surface area contributed by atoms with Gasteiger partial charge in [-0.15, -0.1) is 0 Å². The van der Waals surface area contributed by atoms with Gasteiger partial charge in [0.2, 0.25) is 0 Å². The van der Waals surface area contributed by atoms with Crippen LogP contribution in [0.1, 0.15) is 111 Å². The number of halogens is 2. The Kier molecular flexibility index (Phi) is 15.1. The SMILES string of the molecule is COc1cc(CN2CCN(C3CC4(CCN(c5ccc(C(=O)NS(=O)(=O)c6ccc(NC[C@H]7CC[C@](C)(O)CC7)c([N+](=O)[O-])c6)c(Oc6cnc7[nH]cc(F)c7c6)c5)CC4)C3)[C@H](c3ccccc3C(C)C)C2)ccc1Cl. The van der Waals surface area contributed by atoms with Gasteiger partial charge in [0.25, 0.3) is 21.6 Å². The molecule has 76 heavy (non-hydrogen) atoms. The third-order valence-corrected chi connectivity index (χ3v) is 18.1. The summed E-state index contributed by atoms with van der Waals surface area (Å²) in [7, 11) is -3.00. The van der Waals surface area contributed by atoms with Crippen LogP contribution in [0.25, 0.3) is 11.0 Å². The molecule has 10 rings (SSSR count). The average molecular weight is 1080 g/mol. The number of hydrogen-bond donors (Lipinski definition) is 4. The largest absolute Gasteiger partial charge is 0.495 e. The summed E-state index contributed by atoms with van der Waals surface area (Å²) in [5.41, 5.74) is 4.00. The number of amides is 1. The number of benzene rings is 4. The number of sulfonamides is 1. The van der Waals surface area contributed by atoms with Gasteiger partial charge in [0.15, 0.2) is 0 Å². The van der Waals surface area contributed by atoms with Gasteiger partial charge in [-0.25, -0.2) is 22.5 Å². The Balaban J connectivity index is 0.839. The number of H-pyrrole nitrogens is 1. The van der Waals surface area contributed by atoms with E-state index in [-0.39, 0.29) is 45.5 Å². The monoisotopic (exact) mass is 1080 g/mol. The number of pyridine rings is 1. The number of aromatic nitrogens is 2. The van der Waals surface area contributed by atoms with E-state index < -0.39 is 42.9 Å². The van der Waals surface area contributed by atoms with Crippen LogP contribution in [0.3, 0.4) is 0 Å². The van der Waals surface area contributed by atoms with Crippen molar-refractivity contribution in [2.45, 2.75) is 107 Å². The highest BCUT2D eigenvalue weighted by Crippen LogP contribution is 2.53. The molecule has 1 spiro atoms. The van der Waals surface area contributed by atoms with Crippen LogP contribution in [0.5, 0.6) is 17.2 Å². The number of hydrogen-bond acceptors (Lipinski definition) is 13. The number of piperazine rings is 1. The number of anilines is 2. The molecule has 16 nitrogen and oxygen atoms in total. The molecule has 402 valence electrons. The Hall–Kier alpha value is -6.31. The second kappa shape index (κ2) is 21.6. The topological polar surface area (TPSA) is 195 Å². The van der Waals surface area contributed by atoms with Crippen molar-refractivity contribution < 1.29 is 37.1 Å². The zero-order chi connectivity index (χ0) is 53.5. The zero-order valence-electron chi connectivity index (χ0n) is 43.4. The maximum absolute atomic E-state index is 14.7. The Bertz CT molecular complexity index is 3240. The number of nitrogens with one attached hydrogen (secondary N) is 3. The first-order valence-corrected chi connectivity index (χ1v) is 28.1. The molecule has 0 radical (unpaired) electrons. The van der Waals surface area contributed by atoms with E-state index in [2.05, 4.69) is 78.9 Å². The number of nitro benzene ring substituents is 1. The summed E-state index contributed by atoms with van der Waals surface area (Å²) >= 11 is 6.39. The smallest absolute Gasteiger partial charge is 0.293 e. The lowest BCUT2D eigenvalue weighted by molar-refractivity contribution is -0.384. The van der Waals surface area contributed by atoms with Gasteiger partial charge in [-0.3, -0.25) is 24.7 Å². The van der Waals surface area contributed by atoms with E-state index in [1.807, 2.05) is 12.1 Å². The number of rotatable bonds is 16. The third-order valence-electron chi connectivity index (χ3n) is 16.5. The number of aliphatic hydroxyl groups is 1. The molecular formula is C57H66ClFN8O8S. The Morgan fingerprint density at radius 1 is 0.987 bits per heavy atom. The van der Waals surface area contributed by atoms with Crippen molar-refractivity contribution in [1.29, 1.82) is 0 Å². The molecule has 1 atom stereocenters. The molecule has 6 aromatic rings. The Labute approximate surface area is 448 Å². The minimum absolute atomic E-state index is 0.0168. The number of nitro groups is 1.